The number of thiazole rings is 1. The number of hydrogen-bond acceptors (Lipinski definition) is 5. The Morgan fingerprint density at radius 2 is 2.16 bits per heavy atom. The van der Waals surface area contributed by atoms with Gasteiger partial charge >= 0.3 is 0 Å². The minimum atomic E-state index is 0.0451. The lowest BCUT2D eigenvalue weighted by atomic mass is 9.95. The van der Waals surface area contributed by atoms with Crippen LogP contribution in [0.1, 0.15) is 25.0 Å². The fourth-order valence-corrected chi connectivity index (χ4v) is 4.46. The maximum Gasteiger partial charge on any atom is 0.223 e. The molecule has 0 spiro atoms. The van der Waals surface area contributed by atoms with Crippen molar-refractivity contribution in [2.45, 2.75) is 25.8 Å². The molecular weight excluding hydrogens is 334 g/mol. The van der Waals surface area contributed by atoms with E-state index < -0.39 is 0 Å². The van der Waals surface area contributed by atoms with E-state index in [4.69, 9.17) is 10.2 Å². The molecule has 1 amide bonds. The van der Waals surface area contributed by atoms with Gasteiger partial charge in [-0.3, -0.25) is 4.79 Å². The monoisotopic (exact) mass is 355 g/mol. The molecule has 0 aliphatic heterocycles. The van der Waals surface area contributed by atoms with E-state index in [-0.39, 0.29) is 11.8 Å². The zero-order chi connectivity index (χ0) is 17.2. The minimum absolute atomic E-state index is 0.0451. The van der Waals surface area contributed by atoms with Crippen LogP contribution in [0, 0.1) is 11.8 Å². The number of hydrogen-bond donors (Lipinski definition) is 2. The van der Waals surface area contributed by atoms with Gasteiger partial charge in [-0.05, 0) is 49.6 Å². The number of para-hydroxylation sites is 1. The van der Waals surface area contributed by atoms with Gasteiger partial charge in [0.05, 0.1) is 16.8 Å². The molecule has 25 heavy (non-hydrogen) atoms. The van der Waals surface area contributed by atoms with E-state index in [2.05, 4.69) is 16.4 Å². The van der Waals surface area contributed by atoms with Crippen LogP contribution in [0.15, 0.2) is 40.8 Å². The molecule has 6 heteroatoms. The van der Waals surface area contributed by atoms with Crippen molar-refractivity contribution in [2.24, 2.45) is 17.6 Å². The third-order valence-corrected chi connectivity index (χ3v) is 5.95. The highest BCUT2D eigenvalue weighted by Gasteiger charge is 2.31. The van der Waals surface area contributed by atoms with Gasteiger partial charge < -0.3 is 15.5 Å². The van der Waals surface area contributed by atoms with Crippen molar-refractivity contribution in [3.63, 3.8) is 0 Å². The fraction of sp³-hybridized carbons (Fsp3) is 0.368. The highest BCUT2D eigenvalue weighted by molar-refractivity contribution is 7.21. The number of carbonyl (C=O) groups is 1. The second kappa shape index (κ2) is 6.98. The van der Waals surface area contributed by atoms with Gasteiger partial charge in [0.25, 0.3) is 0 Å². The van der Waals surface area contributed by atoms with Crippen LogP contribution in [0.25, 0.3) is 21.0 Å². The number of furan rings is 1. The number of carbonyl (C=O) groups excluding carboxylic acids is 1. The van der Waals surface area contributed by atoms with Crippen molar-refractivity contribution in [1.29, 1.82) is 0 Å². The first-order valence-electron chi connectivity index (χ1n) is 8.67. The van der Waals surface area contributed by atoms with Crippen molar-refractivity contribution in [3.8, 4) is 10.8 Å². The number of aromatic nitrogens is 1. The third-order valence-electron chi connectivity index (χ3n) is 4.90. The number of fused-ring (bicyclic) bond motifs is 1. The summed E-state index contributed by atoms with van der Waals surface area (Å²) in [5, 5.41) is 3.85. The smallest absolute Gasteiger partial charge is 0.223 e. The average molecular weight is 355 g/mol. The predicted molar refractivity (Wildman–Crippen MR) is 99.1 cm³/mol. The molecule has 0 saturated heterocycles. The Bertz CT molecular complexity index is 853. The highest BCUT2D eigenvalue weighted by Crippen LogP contribution is 2.32. The summed E-state index contributed by atoms with van der Waals surface area (Å²) >= 11 is 1.61. The third kappa shape index (κ3) is 3.32. The standard InChI is InChI=1S/C19H21N3O2S/c20-10-12-4-3-5-14(12)18(23)21-11-13-8-9-16(24-13)19-22-15-6-1-2-7-17(15)25-19/h1-2,6-9,12,14H,3-5,10-11,20H2,(H,21,23)/t12-,14-/m1/s1. The Morgan fingerprint density at radius 3 is 3.00 bits per heavy atom. The first-order valence-corrected chi connectivity index (χ1v) is 9.48. The van der Waals surface area contributed by atoms with Crippen LogP contribution in [-0.2, 0) is 11.3 Å². The summed E-state index contributed by atoms with van der Waals surface area (Å²) in [6.45, 7) is 0.984. The van der Waals surface area contributed by atoms with Crippen LogP contribution >= 0.6 is 11.3 Å². The first-order chi connectivity index (χ1) is 12.2. The van der Waals surface area contributed by atoms with Gasteiger partial charge in [-0.25, -0.2) is 4.98 Å². The lowest BCUT2D eigenvalue weighted by molar-refractivity contribution is -0.126. The Morgan fingerprint density at radius 1 is 1.28 bits per heavy atom. The normalized spacial score (nSPS) is 20.2. The quantitative estimate of drug-likeness (QED) is 0.733. The van der Waals surface area contributed by atoms with Crippen LogP contribution in [-0.4, -0.2) is 17.4 Å². The van der Waals surface area contributed by atoms with Gasteiger partial charge in [0, 0.05) is 5.92 Å². The molecule has 1 saturated carbocycles. The van der Waals surface area contributed by atoms with Crippen LogP contribution in [0.5, 0.6) is 0 Å². The van der Waals surface area contributed by atoms with Crippen LogP contribution < -0.4 is 11.1 Å². The van der Waals surface area contributed by atoms with Gasteiger partial charge in [-0.2, -0.15) is 0 Å². The molecule has 4 rings (SSSR count). The molecule has 0 radical (unpaired) electrons. The number of amides is 1. The maximum absolute atomic E-state index is 12.4. The lowest BCUT2D eigenvalue weighted by Gasteiger charge is -2.16. The van der Waals surface area contributed by atoms with E-state index in [1.54, 1.807) is 11.3 Å². The summed E-state index contributed by atoms with van der Waals surface area (Å²) in [5.74, 6) is 1.93. The molecule has 1 fully saturated rings. The molecule has 2 atom stereocenters. The molecule has 130 valence electrons. The molecule has 3 N–H and O–H groups in total. The van der Waals surface area contributed by atoms with Crippen molar-refractivity contribution >= 4 is 27.5 Å². The number of nitrogens with two attached hydrogens (primary N) is 1. The zero-order valence-electron chi connectivity index (χ0n) is 13.9. The number of nitrogens with zero attached hydrogens (tertiary/aromatic N) is 1. The van der Waals surface area contributed by atoms with E-state index in [0.29, 0.717) is 19.0 Å². The van der Waals surface area contributed by atoms with Crippen molar-refractivity contribution in [2.75, 3.05) is 6.54 Å². The van der Waals surface area contributed by atoms with Gasteiger partial charge in [-0.1, -0.05) is 18.6 Å². The summed E-state index contributed by atoms with van der Waals surface area (Å²) in [4.78, 5) is 17.0. The van der Waals surface area contributed by atoms with E-state index in [0.717, 1.165) is 46.0 Å². The summed E-state index contributed by atoms with van der Waals surface area (Å²) in [7, 11) is 0. The molecular formula is C19H21N3O2S. The van der Waals surface area contributed by atoms with E-state index in [1.165, 1.54) is 0 Å². The Kier molecular flexibility index (Phi) is 4.55. The van der Waals surface area contributed by atoms with Crippen molar-refractivity contribution in [1.82, 2.24) is 10.3 Å². The summed E-state index contributed by atoms with van der Waals surface area (Å²) in [6, 6.07) is 11.8. The Hall–Kier alpha value is -2.18. The minimum Gasteiger partial charge on any atom is -0.457 e. The summed E-state index contributed by atoms with van der Waals surface area (Å²) < 4.78 is 7.01. The predicted octanol–water partition coefficient (Wildman–Crippen LogP) is 3.55. The SMILES string of the molecule is NC[C@H]1CCC[C@H]1C(=O)NCc1ccc(-c2nc3ccccc3s2)o1. The van der Waals surface area contributed by atoms with E-state index in [9.17, 15) is 4.79 Å². The molecule has 5 nitrogen and oxygen atoms in total. The van der Waals surface area contributed by atoms with E-state index >= 15 is 0 Å². The van der Waals surface area contributed by atoms with Crippen molar-refractivity contribution < 1.29 is 9.21 Å². The molecule has 0 bridgehead atoms. The van der Waals surface area contributed by atoms with Gasteiger partial charge in [0.2, 0.25) is 5.91 Å². The average Bonchev–Trinajstić information content (AvgIpc) is 3.37. The number of nitrogens with one attached hydrogen (secondary N) is 1. The largest absolute Gasteiger partial charge is 0.457 e. The zero-order valence-corrected chi connectivity index (χ0v) is 14.7. The number of rotatable bonds is 5. The summed E-state index contributed by atoms with van der Waals surface area (Å²) in [6.07, 6.45) is 3.07. The van der Waals surface area contributed by atoms with E-state index in [1.807, 2.05) is 30.3 Å². The lowest BCUT2D eigenvalue weighted by Crippen LogP contribution is -2.34. The summed E-state index contributed by atoms with van der Waals surface area (Å²) in [5.41, 5.74) is 6.74. The van der Waals surface area contributed by atoms with Gasteiger partial charge in [0.1, 0.15) is 5.76 Å². The Labute approximate surface area is 150 Å². The van der Waals surface area contributed by atoms with Crippen LogP contribution in [0.3, 0.4) is 0 Å². The topological polar surface area (TPSA) is 81.2 Å². The molecule has 3 aromatic rings. The Balaban J connectivity index is 1.42. The fourth-order valence-electron chi connectivity index (χ4n) is 3.53. The highest BCUT2D eigenvalue weighted by atomic mass is 32.1. The molecule has 1 aliphatic rings. The molecule has 0 unspecified atom stereocenters. The first kappa shape index (κ1) is 16.3. The van der Waals surface area contributed by atoms with Gasteiger partial charge in [0.15, 0.2) is 10.8 Å². The molecule has 2 heterocycles. The van der Waals surface area contributed by atoms with Crippen LogP contribution in [0.2, 0.25) is 0 Å². The molecule has 1 aliphatic carbocycles. The van der Waals surface area contributed by atoms with Crippen molar-refractivity contribution in [3.05, 3.63) is 42.2 Å². The second-order valence-electron chi connectivity index (χ2n) is 6.50. The molecule has 2 aromatic heterocycles. The van der Waals surface area contributed by atoms with Crippen LogP contribution in [0.4, 0.5) is 0 Å². The second-order valence-corrected chi connectivity index (χ2v) is 7.53. The maximum atomic E-state index is 12.4. The molecule has 1 aromatic carbocycles. The number of benzene rings is 1. The van der Waals surface area contributed by atoms with Gasteiger partial charge in [-0.15, -0.1) is 11.3 Å².